The Morgan fingerprint density at radius 2 is 1.96 bits per heavy atom. The Morgan fingerprint density at radius 3 is 2.57 bits per heavy atom. The van der Waals surface area contributed by atoms with E-state index in [2.05, 4.69) is 17.0 Å². The molecule has 0 aromatic heterocycles. The molecule has 0 spiro atoms. The molecule has 0 fully saturated rings. The first-order valence-electron chi connectivity index (χ1n) is 7.79. The van der Waals surface area contributed by atoms with Gasteiger partial charge in [-0.05, 0) is 18.1 Å². The summed E-state index contributed by atoms with van der Waals surface area (Å²) in [6, 6.07) is 2.30. The van der Waals surface area contributed by atoms with Gasteiger partial charge in [-0.15, -0.1) is 0 Å². The van der Waals surface area contributed by atoms with Gasteiger partial charge in [-0.1, -0.05) is 38.7 Å². The third-order valence-electron chi connectivity index (χ3n) is 3.53. The van der Waals surface area contributed by atoms with Gasteiger partial charge in [0.1, 0.15) is 17.7 Å². The molecule has 0 saturated carbocycles. The van der Waals surface area contributed by atoms with Crippen molar-refractivity contribution in [3.05, 3.63) is 35.4 Å². The van der Waals surface area contributed by atoms with Crippen molar-refractivity contribution in [2.75, 3.05) is 7.11 Å². The second-order valence-corrected chi connectivity index (χ2v) is 5.41. The van der Waals surface area contributed by atoms with E-state index >= 15 is 0 Å². The standard InChI is InChI=1S/C17H23F2NO3/c1-3-4-5-6-7-15(17(22)23-2)20-16(21)10-12-8-9-13(18)11-14(12)19/h8-9,11,15H,3-7,10H2,1-2H3,(H,20,21)/t15-/m1/s1. The van der Waals surface area contributed by atoms with Crippen LogP contribution in [0.5, 0.6) is 0 Å². The molecule has 0 aliphatic carbocycles. The summed E-state index contributed by atoms with van der Waals surface area (Å²) < 4.78 is 31.1. The van der Waals surface area contributed by atoms with E-state index in [1.807, 2.05) is 0 Å². The van der Waals surface area contributed by atoms with E-state index in [9.17, 15) is 18.4 Å². The van der Waals surface area contributed by atoms with Gasteiger partial charge in [-0.25, -0.2) is 13.6 Å². The summed E-state index contributed by atoms with van der Waals surface area (Å²) in [7, 11) is 1.26. The number of methoxy groups -OCH3 is 1. The lowest BCUT2D eigenvalue weighted by atomic mass is 10.1. The minimum Gasteiger partial charge on any atom is -0.467 e. The number of amides is 1. The highest BCUT2D eigenvalue weighted by Gasteiger charge is 2.21. The van der Waals surface area contributed by atoms with E-state index in [1.165, 1.54) is 13.2 Å². The maximum absolute atomic E-state index is 13.5. The zero-order valence-electron chi connectivity index (χ0n) is 13.5. The van der Waals surface area contributed by atoms with Crippen LogP contribution in [-0.2, 0) is 20.7 Å². The van der Waals surface area contributed by atoms with Crippen molar-refractivity contribution in [1.29, 1.82) is 0 Å². The molecule has 0 saturated heterocycles. The van der Waals surface area contributed by atoms with E-state index in [0.29, 0.717) is 6.42 Å². The van der Waals surface area contributed by atoms with Crippen LogP contribution in [0.2, 0.25) is 0 Å². The van der Waals surface area contributed by atoms with Crippen LogP contribution in [0.3, 0.4) is 0 Å². The third-order valence-corrected chi connectivity index (χ3v) is 3.53. The Kier molecular flexibility index (Phi) is 8.22. The molecule has 4 nitrogen and oxygen atoms in total. The maximum atomic E-state index is 13.5. The van der Waals surface area contributed by atoms with Crippen molar-refractivity contribution in [1.82, 2.24) is 5.32 Å². The number of benzene rings is 1. The molecule has 0 aliphatic rings. The Bertz CT molecular complexity index is 535. The van der Waals surface area contributed by atoms with Crippen LogP contribution in [0, 0.1) is 11.6 Å². The quantitative estimate of drug-likeness (QED) is 0.560. The molecule has 1 N–H and O–H groups in total. The number of ether oxygens (including phenoxy) is 1. The summed E-state index contributed by atoms with van der Waals surface area (Å²) in [5, 5.41) is 2.56. The van der Waals surface area contributed by atoms with Gasteiger partial charge in [0.2, 0.25) is 5.91 Å². The molecule has 1 atom stereocenters. The number of esters is 1. The van der Waals surface area contributed by atoms with E-state index in [1.54, 1.807) is 0 Å². The first kappa shape index (κ1) is 19.1. The summed E-state index contributed by atoms with van der Waals surface area (Å²) in [5.41, 5.74) is 0.0819. The molecule has 1 amide bonds. The molecule has 1 aromatic rings. The predicted octanol–water partition coefficient (Wildman–Crippen LogP) is 3.14. The summed E-state index contributed by atoms with van der Waals surface area (Å²) in [6.45, 7) is 2.08. The zero-order valence-corrected chi connectivity index (χ0v) is 13.5. The second kappa shape index (κ2) is 9.92. The minimum absolute atomic E-state index is 0.0819. The lowest BCUT2D eigenvalue weighted by Crippen LogP contribution is -2.42. The number of halogens is 2. The van der Waals surface area contributed by atoms with Gasteiger partial charge in [0.15, 0.2) is 0 Å². The number of carbonyl (C=O) groups excluding carboxylic acids is 2. The van der Waals surface area contributed by atoms with Crippen molar-refractivity contribution in [3.8, 4) is 0 Å². The van der Waals surface area contributed by atoms with Crippen molar-refractivity contribution in [2.45, 2.75) is 51.5 Å². The number of nitrogens with one attached hydrogen (secondary N) is 1. The molecule has 1 rings (SSSR count). The molecular formula is C17H23F2NO3. The van der Waals surface area contributed by atoms with Crippen molar-refractivity contribution >= 4 is 11.9 Å². The fourth-order valence-corrected chi connectivity index (χ4v) is 2.25. The molecule has 23 heavy (non-hydrogen) atoms. The highest BCUT2D eigenvalue weighted by molar-refractivity contribution is 5.85. The summed E-state index contributed by atoms with van der Waals surface area (Å²) in [4.78, 5) is 23.7. The topological polar surface area (TPSA) is 55.4 Å². The van der Waals surface area contributed by atoms with Crippen LogP contribution in [-0.4, -0.2) is 25.0 Å². The number of carbonyl (C=O) groups is 2. The third kappa shape index (κ3) is 6.76. The van der Waals surface area contributed by atoms with Crippen LogP contribution in [0.15, 0.2) is 18.2 Å². The van der Waals surface area contributed by atoms with Crippen molar-refractivity contribution < 1.29 is 23.1 Å². The Hall–Kier alpha value is -1.98. The average molecular weight is 327 g/mol. The fraction of sp³-hybridized carbons (Fsp3) is 0.529. The normalized spacial score (nSPS) is 11.8. The summed E-state index contributed by atoms with van der Waals surface area (Å²) in [6.07, 6.45) is 4.10. The van der Waals surface area contributed by atoms with Crippen LogP contribution < -0.4 is 5.32 Å². The van der Waals surface area contributed by atoms with Gasteiger partial charge in [-0.2, -0.15) is 0 Å². The molecule has 0 heterocycles. The number of unbranched alkanes of at least 4 members (excludes halogenated alkanes) is 3. The Labute approximate surface area is 135 Å². The van der Waals surface area contributed by atoms with Gasteiger partial charge in [0.05, 0.1) is 13.5 Å². The van der Waals surface area contributed by atoms with Gasteiger partial charge in [0.25, 0.3) is 0 Å². The molecule has 0 bridgehead atoms. The van der Waals surface area contributed by atoms with Crippen LogP contribution in [0.25, 0.3) is 0 Å². The van der Waals surface area contributed by atoms with Crippen LogP contribution in [0.4, 0.5) is 8.78 Å². The van der Waals surface area contributed by atoms with Crippen LogP contribution >= 0.6 is 0 Å². The largest absolute Gasteiger partial charge is 0.467 e. The lowest BCUT2D eigenvalue weighted by molar-refractivity contribution is -0.145. The van der Waals surface area contributed by atoms with Crippen molar-refractivity contribution in [3.63, 3.8) is 0 Å². The molecule has 0 radical (unpaired) electrons. The number of rotatable bonds is 9. The van der Waals surface area contributed by atoms with E-state index in [-0.39, 0.29) is 12.0 Å². The van der Waals surface area contributed by atoms with E-state index < -0.39 is 29.6 Å². The summed E-state index contributed by atoms with van der Waals surface area (Å²) in [5.74, 6) is -2.50. The highest BCUT2D eigenvalue weighted by atomic mass is 19.1. The zero-order chi connectivity index (χ0) is 17.2. The smallest absolute Gasteiger partial charge is 0.328 e. The maximum Gasteiger partial charge on any atom is 0.328 e. The van der Waals surface area contributed by atoms with Crippen LogP contribution in [0.1, 0.15) is 44.6 Å². The molecule has 0 aliphatic heterocycles. The van der Waals surface area contributed by atoms with Crippen molar-refractivity contribution in [2.24, 2.45) is 0 Å². The predicted molar refractivity (Wildman–Crippen MR) is 82.8 cm³/mol. The SMILES string of the molecule is CCCCCC[C@@H](NC(=O)Cc1ccc(F)cc1F)C(=O)OC. The first-order valence-corrected chi connectivity index (χ1v) is 7.79. The van der Waals surface area contributed by atoms with Gasteiger partial charge < -0.3 is 10.1 Å². The Balaban J connectivity index is 2.59. The second-order valence-electron chi connectivity index (χ2n) is 5.41. The average Bonchev–Trinajstić information content (AvgIpc) is 2.52. The molecule has 128 valence electrons. The van der Waals surface area contributed by atoms with E-state index in [4.69, 9.17) is 0 Å². The highest BCUT2D eigenvalue weighted by Crippen LogP contribution is 2.11. The monoisotopic (exact) mass is 327 g/mol. The van der Waals surface area contributed by atoms with E-state index in [0.717, 1.165) is 37.8 Å². The van der Waals surface area contributed by atoms with Gasteiger partial charge >= 0.3 is 5.97 Å². The first-order chi connectivity index (χ1) is 11.0. The molecule has 0 unspecified atom stereocenters. The molecule has 6 heteroatoms. The summed E-state index contributed by atoms with van der Waals surface area (Å²) >= 11 is 0. The number of hydrogen-bond donors (Lipinski definition) is 1. The Morgan fingerprint density at radius 1 is 1.22 bits per heavy atom. The minimum atomic E-state index is -0.780. The lowest BCUT2D eigenvalue weighted by Gasteiger charge is -2.16. The van der Waals surface area contributed by atoms with Gasteiger partial charge in [0, 0.05) is 6.07 Å². The molecular weight excluding hydrogens is 304 g/mol. The van der Waals surface area contributed by atoms with Gasteiger partial charge in [-0.3, -0.25) is 4.79 Å². The fourth-order valence-electron chi connectivity index (χ4n) is 2.25. The molecule has 1 aromatic carbocycles. The number of hydrogen-bond acceptors (Lipinski definition) is 3.